The molecule has 1 unspecified atom stereocenters. The van der Waals surface area contributed by atoms with Gasteiger partial charge in [0.15, 0.2) is 6.10 Å². The van der Waals surface area contributed by atoms with Gasteiger partial charge in [-0.2, -0.15) is 0 Å². The number of carbonyl (C=O) groups excluding carboxylic acids is 3. The first-order chi connectivity index (χ1) is 37.0. The summed E-state index contributed by atoms with van der Waals surface area (Å²) in [7, 11) is 0. The fraction of sp³-hybridized carbons (Fsp3) is 0.609. The number of unbranched alkanes of at least 4 members (excludes halogenated alkanes) is 18. The second-order valence-corrected chi connectivity index (χ2v) is 19.5. The summed E-state index contributed by atoms with van der Waals surface area (Å²) in [6.07, 6.45) is 88.6. The summed E-state index contributed by atoms with van der Waals surface area (Å²) in [6.45, 7) is 6.41. The Bertz CT molecular complexity index is 1660. The zero-order valence-electron chi connectivity index (χ0n) is 48.3. The van der Waals surface area contributed by atoms with Gasteiger partial charge in [-0.25, -0.2) is 0 Å². The number of ether oxygens (including phenoxy) is 3. The molecule has 0 aromatic heterocycles. The number of allylic oxidation sites excluding steroid dienone is 24. The van der Waals surface area contributed by atoms with E-state index in [0.717, 1.165) is 141 Å². The predicted octanol–water partition coefficient (Wildman–Crippen LogP) is 20.8. The molecule has 0 aliphatic heterocycles. The molecule has 0 aliphatic carbocycles. The molecule has 6 heteroatoms. The van der Waals surface area contributed by atoms with E-state index in [1.165, 1.54) is 64.2 Å². The maximum Gasteiger partial charge on any atom is 0.306 e. The third-order valence-electron chi connectivity index (χ3n) is 12.3. The van der Waals surface area contributed by atoms with E-state index in [9.17, 15) is 14.4 Å². The molecule has 1 atom stereocenters. The van der Waals surface area contributed by atoms with Crippen LogP contribution in [0.1, 0.15) is 252 Å². The monoisotopic (exact) mass is 1030 g/mol. The van der Waals surface area contributed by atoms with E-state index >= 15 is 0 Å². The van der Waals surface area contributed by atoms with Gasteiger partial charge in [-0.15, -0.1) is 0 Å². The molecule has 0 rings (SSSR count). The molecule has 75 heavy (non-hydrogen) atoms. The highest BCUT2D eigenvalue weighted by Crippen LogP contribution is 2.13. The Kier molecular flexibility index (Phi) is 58.0. The van der Waals surface area contributed by atoms with E-state index in [1.54, 1.807) is 0 Å². The topological polar surface area (TPSA) is 78.9 Å². The van der Waals surface area contributed by atoms with Crippen molar-refractivity contribution in [2.24, 2.45) is 0 Å². The van der Waals surface area contributed by atoms with Crippen LogP contribution >= 0.6 is 0 Å². The van der Waals surface area contributed by atoms with Crippen molar-refractivity contribution >= 4 is 17.9 Å². The molecule has 0 aromatic carbocycles. The maximum absolute atomic E-state index is 12.8. The molecule has 422 valence electrons. The van der Waals surface area contributed by atoms with Gasteiger partial charge in [-0.05, 0) is 141 Å². The molecule has 0 spiro atoms. The number of carbonyl (C=O) groups is 3. The molecule has 0 aliphatic rings. The lowest BCUT2D eigenvalue weighted by atomic mass is 10.1. The van der Waals surface area contributed by atoms with Crippen molar-refractivity contribution in [2.45, 2.75) is 258 Å². The Labute approximate surface area is 461 Å². The Balaban J connectivity index is 4.34. The molecular formula is C69H110O6. The molecule has 0 N–H and O–H groups in total. The highest BCUT2D eigenvalue weighted by molar-refractivity contribution is 5.71. The van der Waals surface area contributed by atoms with E-state index in [2.05, 4.69) is 167 Å². The van der Waals surface area contributed by atoms with Gasteiger partial charge < -0.3 is 14.2 Å². The van der Waals surface area contributed by atoms with Crippen molar-refractivity contribution in [3.63, 3.8) is 0 Å². The first-order valence-corrected chi connectivity index (χ1v) is 30.3. The van der Waals surface area contributed by atoms with E-state index in [4.69, 9.17) is 14.2 Å². The van der Waals surface area contributed by atoms with Gasteiger partial charge in [-0.1, -0.05) is 237 Å². The average molecular weight is 1040 g/mol. The van der Waals surface area contributed by atoms with Crippen LogP contribution in [0.25, 0.3) is 0 Å². The molecule has 0 saturated heterocycles. The van der Waals surface area contributed by atoms with Crippen LogP contribution in [0.15, 0.2) is 146 Å². The maximum atomic E-state index is 12.8. The molecule has 0 heterocycles. The molecule has 0 fully saturated rings. The molecule has 0 amide bonds. The fourth-order valence-electron chi connectivity index (χ4n) is 7.74. The standard InChI is InChI=1S/C69H110O6/c1-4-7-10-13-16-19-22-24-25-26-27-28-29-30-31-32-33-34-35-36-37-38-39-40-41-42-43-45-47-50-53-56-59-62-68(71)74-65-66(64-73-67(70)61-58-55-52-49-46-21-18-15-12-9-6-3)75-69(72)63-60-57-54-51-48-44-23-20-17-14-11-8-5-2/h7,10,15-16,18-20,23-25,27-28,30-31,33-34,36-37,39-40,42-43,47,50,66H,4-6,8-9,11-14,17,21-22,26,29,32,35,38,41,44-46,48-49,51-65H2,1-3H3/b10-7-,18-15-,19-16-,23-20-,25-24-,28-27-,31-30-,34-33-,37-36-,40-39-,43-42-,50-47-. The van der Waals surface area contributed by atoms with Gasteiger partial charge in [0.05, 0.1) is 0 Å². The summed E-state index contributed by atoms with van der Waals surface area (Å²) in [5.41, 5.74) is 0. The molecule has 0 bridgehead atoms. The summed E-state index contributed by atoms with van der Waals surface area (Å²) in [6, 6.07) is 0. The third kappa shape index (κ3) is 60.0. The Morgan fingerprint density at radius 2 is 0.533 bits per heavy atom. The second kappa shape index (κ2) is 61.8. The first-order valence-electron chi connectivity index (χ1n) is 30.3. The Morgan fingerprint density at radius 3 is 0.893 bits per heavy atom. The zero-order valence-corrected chi connectivity index (χ0v) is 48.3. The highest BCUT2D eigenvalue weighted by atomic mass is 16.6. The van der Waals surface area contributed by atoms with Crippen LogP contribution in [0.5, 0.6) is 0 Å². The van der Waals surface area contributed by atoms with Gasteiger partial charge in [0.1, 0.15) is 13.2 Å². The van der Waals surface area contributed by atoms with E-state index in [0.29, 0.717) is 25.7 Å². The smallest absolute Gasteiger partial charge is 0.306 e. The summed E-state index contributed by atoms with van der Waals surface area (Å²) in [5, 5.41) is 0. The van der Waals surface area contributed by atoms with E-state index in [1.807, 2.05) is 0 Å². The van der Waals surface area contributed by atoms with Crippen LogP contribution in [0.2, 0.25) is 0 Å². The first kappa shape index (κ1) is 70.3. The Hall–Kier alpha value is -4.71. The van der Waals surface area contributed by atoms with Gasteiger partial charge in [0, 0.05) is 19.3 Å². The second-order valence-electron chi connectivity index (χ2n) is 19.5. The molecule has 0 saturated carbocycles. The van der Waals surface area contributed by atoms with E-state index in [-0.39, 0.29) is 31.1 Å². The van der Waals surface area contributed by atoms with Crippen molar-refractivity contribution in [3.8, 4) is 0 Å². The molecule has 0 aromatic rings. The van der Waals surface area contributed by atoms with Crippen LogP contribution in [-0.2, 0) is 28.6 Å². The zero-order chi connectivity index (χ0) is 54.3. The number of rotatable bonds is 53. The minimum Gasteiger partial charge on any atom is -0.462 e. The number of hydrogen-bond donors (Lipinski definition) is 0. The third-order valence-corrected chi connectivity index (χ3v) is 12.3. The Morgan fingerprint density at radius 1 is 0.280 bits per heavy atom. The van der Waals surface area contributed by atoms with Crippen LogP contribution < -0.4 is 0 Å². The van der Waals surface area contributed by atoms with Gasteiger partial charge >= 0.3 is 17.9 Å². The number of esters is 3. The van der Waals surface area contributed by atoms with Crippen molar-refractivity contribution in [1.29, 1.82) is 0 Å². The summed E-state index contributed by atoms with van der Waals surface area (Å²) >= 11 is 0. The minimum atomic E-state index is -0.808. The fourth-order valence-corrected chi connectivity index (χ4v) is 7.74. The predicted molar refractivity (Wildman–Crippen MR) is 325 cm³/mol. The number of hydrogen-bond acceptors (Lipinski definition) is 6. The van der Waals surface area contributed by atoms with Crippen molar-refractivity contribution in [1.82, 2.24) is 0 Å². The van der Waals surface area contributed by atoms with Crippen LogP contribution in [0, 0.1) is 0 Å². The average Bonchev–Trinajstić information content (AvgIpc) is 3.41. The molecule has 0 radical (unpaired) electrons. The SMILES string of the molecule is CC/C=C\C/C=C\C/C=C\C/C=C\C/C=C\C/C=C\C/C=C\C/C=C\C/C=C\C/C=C\CCCCC(=O)OCC(COC(=O)CCCCCCC/C=C\CCCC)OC(=O)CCCCCCC/C=C\CCCCCC. The lowest BCUT2D eigenvalue weighted by Crippen LogP contribution is -2.30. The van der Waals surface area contributed by atoms with Gasteiger partial charge in [0.2, 0.25) is 0 Å². The van der Waals surface area contributed by atoms with Crippen LogP contribution in [0.4, 0.5) is 0 Å². The highest BCUT2D eigenvalue weighted by Gasteiger charge is 2.19. The molecule has 6 nitrogen and oxygen atoms in total. The summed E-state index contributed by atoms with van der Waals surface area (Å²) in [5.74, 6) is -0.973. The molecular weight excluding hydrogens is 925 g/mol. The van der Waals surface area contributed by atoms with Crippen molar-refractivity contribution in [2.75, 3.05) is 13.2 Å². The lowest BCUT2D eigenvalue weighted by Gasteiger charge is -2.18. The summed E-state index contributed by atoms with van der Waals surface area (Å²) < 4.78 is 16.8. The quantitative estimate of drug-likeness (QED) is 0.0261. The van der Waals surface area contributed by atoms with Crippen molar-refractivity contribution in [3.05, 3.63) is 146 Å². The largest absolute Gasteiger partial charge is 0.462 e. The van der Waals surface area contributed by atoms with Crippen LogP contribution in [0.3, 0.4) is 0 Å². The van der Waals surface area contributed by atoms with Gasteiger partial charge in [0.25, 0.3) is 0 Å². The normalized spacial score (nSPS) is 13.2. The lowest BCUT2D eigenvalue weighted by molar-refractivity contribution is -0.167. The van der Waals surface area contributed by atoms with E-state index < -0.39 is 6.10 Å². The minimum absolute atomic E-state index is 0.104. The summed E-state index contributed by atoms with van der Waals surface area (Å²) in [4.78, 5) is 38.1. The van der Waals surface area contributed by atoms with Crippen molar-refractivity contribution < 1.29 is 28.6 Å². The van der Waals surface area contributed by atoms with Crippen LogP contribution in [-0.4, -0.2) is 37.2 Å². The van der Waals surface area contributed by atoms with Gasteiger partial charge in [-0.3, -0.25) is 14.4 Å².